The Labute approximate surface area is 212 Å². The van der Waals surface area contributed by atoms with Gasteiger partial charge in [-0.3, -0.25) is 14.3 Å². The van der Waals surface area contributed by atoms with Crippen LogP contribution in [0.4, 0.5) is 14.9 Å². The lowest BCUT2D eigenvalue weighted by atomic mass is 10.0. The van der Waals surface area contributed by atoms with E-state index >= 15 is 0 Å². The van der Waals surface area contributed by atoms with Crippen LogP contribution in [0.2, 0.25) is 0 Å². The zero-order chi connectivity index (χ0) is 25.4. The van der Waals surface area contributed by atoms with Gasteiger partial charge in [0.15, 0.2) is 0 Å². The Bertz CT molecular complexity index is 1490. The standard InChI is InChI=1S/C27H27FN4O3S/c1-27(2,3)35-26(34)31-10-9-21-22-13-20(6-7-23(22)36-24(21)16-31)32-11-8-18(12-25(32)33)30-15-19-5-4-17(28)14-29-19/h4-8,11-14,30H,9-10,15-16H2,1-3H3. The molecule has 1 aliphatic heterocycles. The van der Waals surface area contributed by atoms with Gasteiger partial charge >= 0.3 is 6.09 Å². The lowest BCUT2D eigenvalue weighted by Gasteiger charge is -2.30. The molecule has 4 aromatic rings. The largest absolute Gasteiger partial charge is 0.444 e. The van der Waals surface area contributed by atoms with Crippen molar-refractivity contribution >= 4 is 33.2 Å². The summed E-state index contributed by atoms with van der Waals surface area (Å²) in [7, 11) is 0. The van der Waals surface area contributed by atoms with Crippen molar-refractivity contribution < 1.29 is 13.9 Å². The number of hydrogen-bond donors (Lipinski definition) is 1. The summed E-state index contributed by atoms with van der Waals surface area (Å²) in [6, 6.07) is 12.3. The van der Waals surface area contributed by atoms with E-state index in [1.807, 2.05) is 45.0 Å². The zero-order valence-corrected chi connectivity index (χ0v) is 21.2. The number of pyridine rings is 2. The average molecular weight is 507 g/mol. The Balaban J connectivity index is 1.35. The molecule has 3 aromatic heterocycles. The number of carbonyl (C=O) groups excluding carboxylic acids is 1. The number of hydrogen-bond acceptors (Lipinski definition) is 6. The molecule has 186 valence electrons. The second-order valence-corrected chi connectivity index (χ2v) is 10.9. The molecule has 0 saturated carbocycles. The predicted octanol–water partition coefficient (Wildman–Crippen LogP) is 5.49. The van der Waals surface area contributed by atoms with E-state index in [1.165, 1.54) is 23.9 Å². The number of halogens is 1. The zero-order valence-electron chi connectivity index (χ0n) is 20.4. The van der Waals surface area contributed by atoms with Gasteiger partial charge in [-0.2, -0.15) is 0 Å². The number of benzene rings is 1. The van der Waals surface area contributed by atoms with E-state index in [-0.39, 0.29) is 17.5 Å². The molecule has 5 rings (SSSR count). The molecule has 0 bridgehead atoms. The minimum atomic E-state index is -0.525. The SMILES string of the molecule is CC(C)(C)OC(=O)N1CCc2c(sc3ccc(-n4ccc(NCc5ccc(F)cn5)cc4=O)cc23)C1. The van der Waals surface area contributed by atoms with Crippen molar-refractivity contribution in [1.82, 2.24) is 14.5 Å². The van der Waals surface area contributed by atoms with Crippen LogP contribution < -0.4 is 10.9 Å². The van der Waals surface area contributed by atoms with Gasteiger partial charge in [-0.25, -0.2) is 9.18 Å². The summed E-state index contributed by atoms with van der Waals surface area (Å²) in [6.07, 6.45) is 3.37. The minimum absolute atomic E-state index is 0.161. The van der Waals surface area contributed by atoms with Gasteiger partial charge in [-0.1, -0.05) is 0 Å². The summed E-state index contributed by atoms with van der Waals surface area (Å²) in [5.74, 6) is -0.384. The van der Waals surface area contributed by atoms with Crippen LogP contribution in [0.25, 0.3) is 15.8 Å². The van der Waals surface area contributed by atoms with Crippen LogP contribution in [0.3, 0.4) is 0 Å². The van der Waals surface area contributed by atoms with Crippen molar-refractivity contribution in [1.29, 1.82) is 0 Å². The number of ether oxygens (including phenoxy) is 1. The van der Waals surface area contributed by atoms with Crippen molar-refractivity contribution in [2.24, 2.45) is 0 Å². The Morgan fingerprint density at radius 3 is 2.75 bits per heavy atom. The molecule has 4 heterocycles. The maximum atomic E-state index is 13.0. The molecule has 7 nitrogen and oxygen atoms in total. The number of amides is 1. The van der Waals surface area contributed by atoms with Crippen LogP contribution in [0.5, 0.6) is 0 Å². The molecule has 0 aliphatic carbocycles. The third-order valence-electron chi connectivity index (χ3n) is 5.94. The second kappa shape index (κ2) is 9.39. The molecule has 36 heavy (non-hydrogen) atoms. The van der Waals surface area contributed by atoms with Crippen LogP contribution in [0, 0.1) is 5.82 Å². The van der Waals surface area contributed by atoms with E-state index in [0.717, 1.165) is 27.1 Å². The van der Waals surface area contributed by atoms with E-state index < -0.39 is 5.60 Å². The van der Waals surface area contributed by atoms with Gasteiger partial charge in [0.1, 0.15) is 11.4 Å². The Hall–Kier alpha value is -3.72. The number of anilines is 1. The van der Waals surface area contributed by atoms with Crippen molar-refractivity contribution in [2.75, 3.05) is 11.9 Å². The summed E-state index contributed by atoms with van der Waals surface area (Å²) >= 11 is 1.68. The van der Waals surface area contributed by atoms with Crippen LogP contribution in [0.15, 0.2) is 59.7 Å². The summed E-state index contributed by atoms with van der Waals surface area (Å²) in [4.78, 5) is 32.3. The summed E-state index contributed by atoms with van der Waals surface area (Å²) in [6.45, 7) is 7.12. The molecule has 0 spiro atoms. The molecule has 1 aliphatic rings. The quantitative estimate of drug-likeness (QED) is 0.396. The lowest BCUT2D eigenvalue weighted by Crippen LogP contribution is -2.39. The third kappa shape index (κ3) is 5.11. The van der Waals surface area contributed by atoms with Crippen LogP contribution in [-0.2, 0) is 24.2 Å². The van der Waals surface area contributed by atoms with Crippen molar-refractivity contribution in [2.45, 2.75) is 45.9 Å². The van der Waals surface area contributed by atoms with Gasteiger partial charge < -0.3 is 15.0 Å². The molecule has 0 atom stereocenters. The molecule has 0 saturated heterocycles. The number of nitrogens with zero attached hydrogens (tertiary/aromatic N) is 3. The van der Waals surface area contributed by atoms with E-state index in [9.17, 15) is 14.0 Å². The maximum Gasteiger partial charge on any atom is 0.410 e. The Morgan fingerprint density at radius 2 is 2.03 bits per heavy atom. The van der Waals surface area contributed by atoms with Crippen molar-refractivity contribution in [3.8, 4) is 5.69 Å². The minimum Gasteiger partial charge on any atom is -0.444 e. The third-order valence-corrected chi connectivity index (χ3v) is 7.13. The molecule has 0 fully saturated rings. The van der Waals surface area contributed by atoms with Gasteiger partial charge in [0.25, 0.3) is 5.56 Å². The van der Waals surface area contributed by atoms with E-state index in [0.29, 0.717) is 31.0 Å². The summed E-state index contributed by atoms with van der Waals surface area (Å²) < 4.78 is 21.3. The molecule has 1 amide bonds. The van der Waals surface area contributed by atoms with E-state index in [2.05, 4.69) is 10.3 Å². The molecule has 1 aromatic carbocycles. The number of aromatic nitrogens is 2. The van der Waals surface area contributed by atoms with Gasteiger partial charge in [0.05, 0.1) is 25.0 Å². The molecule has 9 heteroatoms. The topological polar surface area (TPSA) is 76.5 Å². The normalized spacial score (nSPS) is 13.5. The number of thiophene rings is 1. The molecule has 0 radical (unpaired) electrons. The fraction of sp³-hybridized carbons (Fsp3) is 0.296. The van der Waals surface area contributed by atoms with E-state index in [1.54, 1.807) is 33.1 Å². The van der Waals surface area contributed by atoms with Gasteiger partial charge in [0.2, 0.25) is 0 Å². The highest BCUT2D eigenvalue weighted by molar-refractivity contribution is 7.19. The average Bonchev–Trinajstić information content (AvgIpc) is 3.20. The van der Waals surface area contributed by atoms with Crippen LogP contribution >= 0.6 is 11.3 Å². The van der Waals surface area contributed by atoms with Crippen LogP contribution in [-0.4, -0.2) is 32.7 Å². The van der Waals surface area contributed by atoms with Gasteiger partial charge in [-0.05, 0) is 74.5 Å². The first-order valence-corrected chi connectivity index (χ1v) is 12.6. The smallest absolute Gasteiger partial charge is 0.410 e. The predicted molar refractivity (Wildman–Crippen MR) is 139 cm³/mol. The lowest BCUT2D eigenvalue weighted by molar-refractivity contribution is 0.0227. The first-order chi connectivity index (χ1) is 17.2. The number of carbonyl (C=O) groups is 1. The first-order valence-electron chi connectivity index (χ1n) is 11.8. The number of rotatable bonds is 4. The maximum absolute atomic E-state index is 13.0. The van der Waals surface area contributed by atoms with Crippen molar-refractivity contribution in [3.63, 3.8) is 0 Å². The molecular formula is C27H27FN4O3S. The highest BCUT2D eigenvalue weighted by atomic mass is 32.1. The number of fused-ring (bicyclic) bond motifs is 3. The number of nitrogens with one attached hydrogen (secondary N) is 1. The first kappa shape index (κ1) is 24.0. The van der Waals surface area contributed by atoms with E-state index in [4.69, 9.17) is 4.74 Å². The van der Waals surface area contributed by atoms with Crippen molar-refractivity contribution in [3.05, 3.63) is 87.2 Å². The summed E-state index contributed by atoms with van der Waals surface area (Å²) in [5.41, 5.74) is 2.68. The Kier molecular flexibility index (Phi) is 6.26. The molecular weight excluding hydrogens is 479 g/mol. The molecule has 1 N–H and O–H groups in total. The second-order valence-electron chi connectivity index (χ2n) is 9.78. The van der Waals surface area contributed by atoms with Crippen LogP contribution in [0.1, 0.15) is 36.9 Å². The Morgan fingerprint density at radius 1 is 1.19 bits per heavy atom. The fourth-order valence-electron chi connectivity index (χ4n) is 4.23. The molecule has 0 unspecified atom stereocenters. The highest BCUT2D eigenvalue weighted by Gasteiger charge is 2.28. The van der Waals surface area contributed by atoms with Gasteiger partial charge in [-0.15, -0.1) is 11.3 Å². The fourth-order valence-corrected chi connectivity index (χ4v) is 5.48. The van der Waals surface area contributed by atoms with Gasteiger partial charge in [0, 0.05) is 39.8 Å². The monoisotopic (exact) mass is 506 g/mol. The summed E-state index contributed by atoms with van der Waals surface area (Å²) in [5, 5.41) is 4.27. The highest BCUT2D eigenvalue weighted by Crippen LogP contribution is 2.36.